The van der Waals surface area contributed by atoms with E-state index in [1.165, 1.54) is 0 Å². The molecule has 1 amide bonds. The first-order valence-electron chi connectivity index (χ1n) is 6.52. The van der Waals surface area contributed by atoms with E-state index in [9.17, 15) is 4.79 Å². The number of nitrogens with one attached hydrogen (secondary N) is 1. The highest BCUT2D eigenvalue weighted by molar-refractivity contribution is 5.78. The van der Waals surface area contributed by atoms with Gasteiger partial charge in [0.25, 0.3) is 0 Å². The Labute approximate surface area is 103 Å². The van der Waals surface area contributed by atoms with Gasteiger partial charge in [-0.15, -0.1) is 0 Å². The van der Waals surface area contributed by atoms with E-state index in [-0.39, 0.29) is 24.7 Å². The lowest BCUT2D eigenvalue weighted by molar-refractivity contribution is -0.143. The maximum absolute atomic E-state index is 12.0. The van der Waals surface area contributed by atoms with Crippen LogP contribution in [0.3, 0.4) is 0 Å². The van der Waals surface area contributed by atoms with E-state index >= 15 is 0 Å². The number of likely N-dealkylation sites (tertiary alicyclic amines) is 1. The van der Waals surface area contributed by atoms with Gasteiger partial charge in [0.15, 0.2) is 0 Å². The first kappa shape index (κ1) is 12.8. The van der Waals surface area contributed by atoms with Gasteiger partial charge in [-0.25, -0.2) is 0 Å². The van der Waals surface area contributed by atoms with Gasteiger partial charge in [0.2, 0.25) is 5.91 Å². The number of rotatable bonds is 4. The molecule has 0 aromatic rings. The molecule has 2 rings (SSSR count). The predicted molar refractivity (Wildman–Crippen MR) is 65.6 cm³/mol. The Kier molecular flexibility index (Phi) is 4.36. The highest BCUT2D eigenvalue weighted by atomic mass is 16.5. The summed E-state index contributed by atoms with van der Waals surface area (Å²) in [5.74, 6) is 0.767. The van der Waals surface area contributed by atoms with Gasteiger partial charge in [0.1, 0.15) is 6.61 Å². The molecule has 2 fully saturated rings. The van der Waals surface area contributed by atoms with Gasteiger partial charge in [-0.1, -0.05) is 6.92 Å². The van der Waals surface area contributed by atoms with Crippen LogP contribution in [0.5, 0.6) is 0 Å². The molecule has 98 valence electrons. The molecule has 0 bridgehead atoms. The molecule has 0 aromatic heterocycles. The Morgan fingerprint density at radius 1 is 1.53 bits per heavy atom. The van der Waals surface area contributed by atoms with E-state index in [2.05, 4.69) is 12.2 Å². The van der Waals surface area contributed by atoms with E-state index in [1.54, 1.807) is 0 Å². The van der Waals surface area contributed by atoms with E-state index in [0.29, 0.717) is 12.5 Å². The summed E-state index contributed by atoms with van der Waals surface area (Å²) in [6.07, 6.45) is 2.32. The van der Waals surface area contributed by atoms with E-state index < -0.39 is 0 Å². The van der Waals surface area contributed by atoms with Crippen LogP contribution in [0.25, 0.3) is 0 Å². The monoisotopic (exact) mass is 241 g/mol. The zero-order chi connectivity index (χ0) is 12.3. The molecule has 5 heteroatoms. The number of carbonyl (C=O) groups excluding carboxylic acids is 1. The van der Waals surface area contributed by atoms with Gasteiger partial charge in [-0.3, -0.25) is 4.79 Å². The third-order valence-electron chi connectivity index (χ3n) is 3.76. The number of amides is 1. The van der Waals surface area contributed by atoms with Gasteiger partial charge >= 0.3 is 0 Å². The van der Waals surface area contributed by atoms with Crippen molar-refractivity contribution in [3.8, 4) is 0 Å². The smallest absolute Gasteiger partial charge is 0.248 e. The summed E-state index contributed by atoms with van der Waals surface area (Å²) in [5, 5.41) is 3.12. The number of ether oxygens (including phenoxy) is 1. The van der Waals surface area contributed by atoms with Crippen LogP contribution in [0, 0.1) is 5.92 Å². The lowest BCUT2D eigenvalue weighted by atomic mass is 9.92. The zero-order valence-corrected chi connectivity index (χ0v) is 10.5. The largest absolute Gasteiger partial charge is 0.366 e. The van der Waals surface area contributed by atoms with E-state index in [0.717, 1.165) is 32.5 Å². The average molecular weight is 241 g/mol. The molecule has 2 heterocycles. The minimum atomic E-state index is 0.0965. The molecular weight excluding hydrogens is 218 g/mol. The summed E-state index contributed by atoms with van der Waals surface area (Å²) >= 11 is 0. The number of carbonyl (C=O) groups is 1. The van der Waals surface area contributed by atoms with Crippen LogP contribution in [-0.2, 0) is 9.53 Å². The SMILES string of the molecule is CC1CCN(C(=O)COC2CNC2)C(CN)C1. The van der Waals surface area contributed by atoms with Crippen LogP contribution in [0.2, 0.25) is 0 Å². The fourth-order valence-corrected chi connectivity index (χ4v) is 2.46. The van der Waals surface area contributed by atoms with Crippen molar-refractivity contribution in [3.63, 3.8) is 0 Å². The summed E-state index contributed by atoms with van der Waals surface area (Å²) < 4.78 is 5.52. The van der Waals surface area contributed by atoms with E-state index in [1.807, 2.05) is 4.90 Å². The van der Waals surface area contributed by atoms with Crippen molar-refractivity contribution in [2.45, 2.75) is 31.9 Å². The number of hydrogen-bond acceptors (Lipinski definition) is 4. The molecule has 0 aromatic carbocycles. The van der Waals surface area contributed by atoms with Crippen LogP contribution >= 0.6 is 0 Å². The van der Waals surface area contributed by atoms with Crippen LogP contribution in [-0.4, -0.2) is 55.7 Å². The van der Waals surface area contributed by atoms with Crippen molar-refractivity contribution < 1.29 is 9.53 Å². The molecule has 2 unspecified atom stereocenters. The molecular formula is C12H23N3O2. The highest BCUT2D eigenvalue weighted by Crippen LogP contribution is 2.22. The Morgan fingerprint density at radius 2 is 2.29 bits per heavy atom. The average Bonchev–Trinajstić information content (AvgIpc) is 2.26. The second-order valence-corrected chi connectivity index (χ2v) is 5.20. The van der Waals surface area contributed by atoms with Crippen molar-refractivity contribution in [1.29, 1.82) is 0 Å². The molecule has 0 radical (unpaired) electrons. The van der Waals surface area contributed by atoms with Gasteiger partial charge in [0.05, 0.1) is 6.10 Å². The third kappa shape index (κ3) is 3.18. The minimum Gasteiger partial charge on any atom is -0.366 e. The number of nitrogens with two attached hydrogens (primary N) is 1. The lowest BCUT2D eigenvalue weighted by Crippen LogP contribution is -2.53. The van der Waals surface area contributed by atoms with Gasteiger partial charge in [-0.2, -0.15) is 0 Å². The van der Waals surface area contributed by atoms with E-state index in [4.69, 9.17) is 10.5 Å². The zero-order valence-electron chi connectivity index (χ0n) is 10.5. The molecule has 0 spiro atoms. The number of hydrogen-bond donors (Lipinski definition) is 2. The Morgan fingerprint density at radius 3 is 2.88 bits per heavy atom. The minimum absolute atomic E-state index is 0.0965. The molecule has 2 saturated heterocycles. The second-order valence-electron chi connectivity index (χ2n) is 5.20. The van der Waals surface area contributed by atoms with Crippen molar-refractivity contribution in [2.75, 3.05) is 32.8 Å². The highest BCUT2D eigenvalue weighted by Gasteiger charge is 2.29. The maximum Gasteiger partial charge on any atom is 0.248 e. The molecule has 3 N–H and O–H groups in total. The molecule has 0 saturated carbocycles. The molecule has 5 nitrogen and oxygen atoms in total. The van der Waals surface area contributed by atoms with Crippen LogP contribution in [0.4, 0.5) is 0 Å². The van der Waals surface area contributed by atoms with Crippen LogP contribution in [0.15, 0.2) is 0 Å². The maximum atomic E-state index is 12.0. The topological polar surface area (TPSA) is 67.6 Å². The third-order valence-corrected chi connectivity index (χ3v) is 3.76. The summed E-state index contributed by atoms with van der Waals surface area (Å²) in [4.78, 5) is 14.0. The summed E-state index contributed by atoms with van der Waals surface area (Å²) in [7, 11) is 0. The molecule has 17 heavy (non-hydrogen) atoms. The fraction of sp³-hybridized carbons (Fsp3) is 0.917. The Balaban J connectivity index is 1.79. The second kappa shape index (κ2) is 5.80. The summed E-state index contributed by atoms with van der Waals surface area (Å²) in [6.45, 7) is 5.54. The molecule has 0 aliphatic carbocycles. The predicted octanol–water partition coefficient (Wildman–Crippen LogP) is -0.439. The lowest BCUT2D eigenvalue weighted by Gasteiger charge is -2.38. The van der Waals surface area contributed by atoms with Crippen molar-refractivity contribution in [3.05, 3.63) is 0 Å². The van der Waals surface area contributed by atoms with Crippen LogP contribution in [0.1, 0.15) is 19.8 Å². The quantitative estimate of drug-likeness (QED) is 0.700. The normalized spacial score (nSPS) is 30.1. The van der Waals surface area contributed by atoms with Gasteiger partial charge in [-0.05, 0) is 18.8 Å². The molecule has 2 aliphatic heterocycles. The summed E-state index contributed by atoms with van der Waals surface area (Å²) in [5.41, 5.74) is 5.74. The Bertz CT molecular complexity index is 268. The molecule has 2 aliphatic rings. The number of piperidine rings is 1. The summed E-state index contributed by atoms with van der Waals surface area (Å²) in [6, 6.07) is 0.203. The van der Waals surface area contributed by atoms with Gasteiger partial charge in [0, 0.05) is 32.2 Å². The van der Waals surface area contributed by atoms with Crippen molar-refractivity contribution >= 4 is 5.91 Å². The van der Waals surface area contributed by atoms with Gasteiger partial charge < -0.3 is 20.7 Å². The van der Waals surface area contributed by atoms with Crippen molar-refractivity contribution in [2.24, 2.45) is 11.7 Å². The first-order chi connectivity index (χ1) is 8.20. The number of nitrogens with zero attached hydrogens (tertiary/aromatic N) is 1. The van der Waals surface area contributed by atoms with Crippen LogP contribution < -0.4 is 11.1 Å². The first-order valence-corrected chi connectivity index (χ1v) is 6.52. The standard InChI is InChI=1S/C12H23N3O2/c1-9-2-3-15(10(4-9)5-13)12(16)8-17-11-6-14-7-11/h9-11,14H,2-8,13H2,1H3. The fourth-order valence-electron chi connectivity index (χ4n) is 2.46. The molecule has 2 atom stereocenters. The Hall–Kier alpha value is -0.650. The van der Waals surface area contributed by atoms with Crippen molar-refractivity contribution in [1.82, 2.24) is 10.2 Å².